The largest absolute Gasteiger partial charge is 0.477 e. The van der Waals surface area contributed by atoms with Crippen molar-refractivity contribution in [1.82, 2.24) is 4.98 Å². The van der Waals surface area contributed by atoms with E-state index >= 15 is 0 Å². The molecule has 4 nitrogen and oxygen atoms in total. The van der Waals surface area contributed by atoms with Crippen LogP contribution in [-0.4, -0.2) is 17.6 Å². The van der Waals surface area contributed by atoms with Crippen molar-refractivity contribution < 1.29 is 14.3 Å². The van der Waals surface area contributed by atoms with Gasteiger partial charge in [-0.05, 0) is 30.5 Å². The molecule has 0 aliphatic rings. The Morgan fingerprint density at radius 3 is 2.73 bits per heavy atom. The first-order valence-corrected chi connectivity index (χ1v) is 7.07. The Labute approximate surface area is 128 Å². The molecule has 0 saturated heterocycles. The summed E-state index contributed by atoms with van der Waals surface area (Å²) in [4.78, 5) is 16.5. The Kier molecular flexibility index (Phi) is 4.01. The van der Waals surface area contributed by atoms with Crippen LogP contribution in [0, 0.1) is 0 Å². The predicted molar refractivity (Wildman–Crippen MR) is 84.3 cm³/mol. The second kappa shape index (κ2) is 6.26. The number of pyridine rings is 1. The lowest BCUT2D eigenvalue weighted by Gasteiger charge is -2.10. The number of rotatable bonds is 4. The summed E-state index contributed by atoms with van der Waals surface area (Å²) in [5.41, 5.74) is 0.317. The molecule has 0 aliphatic heterocycles. The van der Waals surface area contributed by atoms with Gasteiger partial charge in [0, 0.05) is 11.6 Å². The second-order valence-corrected chi connectivity index (χ2v) is 4.66. The third-order valence-corrected chi connectivity index (χ3v) is 3.22. The van der Waals surface area contributed by atoms with E-state index < -0.39 is 5.97 Å². The number of carbonyl (C=O) groups excluding carboxylic acids is 1. The summed E-state index contributed by atoms with van der Waals surface area (Å²) in [6, 6.07) is 16.7. The van der Waals surface area contributed by atoms with Gasteiger partial charge in [0.05, 0.1) is 6.61 Å². The number of aromatic nitrogens is 1. The van der Waals surface area contributed by atoms with Gasteiger partial charge in [-0.1, -0.05) is 36.4 Å². The molecule has 0 fully saturated rings. The van der Waals surface area contributed by atoms with Gasteiger partial charge in [0.25, 0.3) is 0 Å². The summed E-state index contributed by atoms with van der Waals surface area (Å²) in [7, 11) is 0. The van der Waals surface area contributed by atoms with E-state index in [1.165, 1.54) is 0 Å². The molecule has 0 amide bonds. The van der Waals surface area contributed by atoms with E-state index in [4.69, 9.17) is 9.47 Å². The third-order valence-electron chi connectivity index (χ3n) is 3.22. The normalized spacial score (nSPS) is 10.4. The van der Waals surface area contributed by atoms with Crippen LogP contribution in [0.5, 0.6) is 11.6 Å². The van der Waals surface area contributed by atoms with Crippen LogP contribution in [0.1, 0.15) is 17.3 Å². The van der Waals surface area contributed by atoms with Crippen molar-refractivity contribution in [1.29, 1.82) is 0 Å². The standard InChI is InChI=1S/C18H15NO3/c1-2-21-17-15(10-6-12-19-17)18(20)22-16-11-5-8-13-7-3-4-9-14(13)16/h3-12H,2H2,1H3. The summed E-state index contributed by atoms with van der Waals surface area (Å²) in [6.45, 7) is 2.28. The minimum atomic E-state index is -0.479. The molecule has 3 aromatic rings. The maximum absolute atomic E-state index is 12.4. The van der Waals surface area contributed by atoms with Crippen LogP contribution in [0.15, 0.2) is 60.8 Å². The topological polar surface area (TPSA) is 48.4 Å². The van der Waals surface area contributed by atoms with Gasteiger partial charge < -0.3 is 9.47 Å². The van der Waals surface area contributed by atoms with Gasteiger partial charge in [0.2, 0.25) is 5.88 Å². The molecule has 0 bridgehead atoms. The molecule has 0 aliphatic carbocycles. The van der Waals surface area contributed by atoms with E-state index in [1.807, 2.05) is 43.3 Å². The molecule has 0 unspecified atom stereocenters. The second-order valence-electron chi connectivity index (χ2n) is 4.66. The maximum atomic E-state index is 12.4. The van der Waals surface area contributed by atoms with Gasteiger partial charge in [0.1, 0.15) is 11.3 Å². The van der Waals surface area contributed by atoms with E-state index in [1.54, 1.807) is 24.4 Å². The molecule has 1 heterocycles. The molecular formula is C18H15NO3. The molecule has 4 heteroatoms. The zero-order valence-corrected chi connectivity index (χ0v) is 12.2. The van der Waals surface area contributed by atoms with Gasteiger partial charge >= 0.3 is 5.97 Å². The number of ether oxygens (including phenoxy) is 2. The van der Waals surface area contributed by atoms with Crippen LogP contribution >= 0.6 is 0 Å². The summed E-state index contributed by atoms with van der Waals surface area (Å²) >= 11 is 0. The molecule has 0 N–H and O–H groups in total. The minimum Gasteiger partial charge on any atom is -0.477 e. The van der Waals surface area contributed by atoms with Gasteiger partial charge in [-0.25, -0.2) is 9.78 Å². The third kappa shape index (κ3) is 2.76. The fourth-order valence-electron chi connectivity index (χ4n) is 2.24. The summed E-state index contributed by atoms with van der Waals surface area (Å²) in [5.74, 6) is 0.331. The van der Waals surface area contributed by atoms with E-state index in [2.05, 4.69) is 4.98 Å². The number of carbonyl (C=O) groups is 1. The minimum absolute atomic E-state index is 0.287. The monoisotopic (exact) mass is 293 g/mol. The Bertz CT molecular complexity index is 809. The van der Waals surface area contributed by atoms with Crippen molar-refractivity contribution in [3.63, 3.8) is 0 Å². The smallest absolute Gasteiger partial charge is 0.349 e. The first-order valence-electron chi connectivity index (χ1n) is 7.07. The van der Waals surface area contributed by atoms with E-state index in [-0.39, 0.29) is 5.88 Å². The van der Waals surface area contributed by atoms with Gasteiger partial charge in [-0.2, -0.15) is 0 Å². The van der Waals surface area contributed by atoms with Crippen LogP contribution in [0.25, 0.3) is 10.8 Å². The number of nitrogens with zero attached hydrogens (tertiary/aromatic N) is 1. The first kappa shape index (κ1) is 14.1. The average molecular weight is 293 g/mol. The molecule has 0 atom stereocenters. The molecule has 3 rings (SSSR count). The zero-order valence-electron chi connectivity index (χ0n) is 12.2. The van der Waals surface area contributed by atoms with E-state index in [0.29, 0.717) is 17.9 Å². The predicted octanol–water partition coefficient (Wildman–Crippen LogP) is 3.85. The lowest BCUT2D eigenvalue weighted by Crippen LogP contribution is -2.12. The van der Waals surface area contributed by atoms with Crippen LogP contribution < -0.4 is 9.47 Å². The Balaban J connectivity index is 1.94. The summed E-state index contributed by atoms with van der Waals surface area (Å²) < 4.78 is 10.9. The Hall–Kier alpha value is -2.88. The van der Waals surface area contributed by atoms with Gasteiger partial charge in [0.15, 0.2) is 0 Å². The van der Waals surface area contributed by atoms with Crippen LogP contribution in [-0.2, 0) is 0 Å². The highest BCUT2D eigenvalue weighted by Gasteiger charge is 2.16. The fourth-order valence-corrected chi connectivity index (χ4v) is 2.24. The van der Waals surface area contributed by atoms with Gasteiger partial charge in [-0.3, -0.25) is 0 Å². The average Bonchev–Trinajstić information content (AvgIpc) is 2.56. The SMILES string of the molecule is CCOc1ncccc1C(=O)Oc1cccc2ccccc12. The number of hydrogen-bond acceptors (Lipinski definition) is 4. The van der Waals surface area contributed by atoms with Crippen molar-refractivity contribution >= 4 is 16.7 Å². The van der Waals surface area contributed by atoms with E-state index in [0.717, 1.165) is 10.8 Å². The van der Waals surface area contributed by atoms with Crippen LogP contribution in [0.3, 0.4) is 0 Å². The van der Waals surface area contributed by atoms with Crippen molar-refractivity contribution in [2.45, 2.75) is 6.92 Å². The molecule has 0 saturated carbocycles. The van der Waals surface area contributed by atoms with Gasteiger partial charge in [-0.15, -0.1) is 0 Å². The molecule has 2 aromatic carbocycles. The molecular weight excluding hydrogens is 278 g/mol. The van der Waals surface area contributed by atoms with Crippen molar-refractivity contribution in [2.75, 3.05) is 6.61 Å². The molecule has 1 aromatic heterocycles. The zero-order chi connectivity index (χ0) is 15.4. The van der Waals surface area contributed by atoms with Crippen molar-refractivity contribution in [3.05, 3.63) is 66.4 Å². The summed E-state index contributed by atoms with van der Waals surface area (Å²) in [5, 5.41) is 1.91. The number of fused-ring (bicyclic) bond motifs is 1. The summed E-state index contributed by atoms with van der Waals surface area (Å²) in [6.07, 6.45) is 1.58. The molecule has 0 radical (unpaired) electrons. The first-order chi connectivity index (χ1) is 10.8. The van der Waals surface area contributed by atoms with Crippen molar-refractivity contribution in [3.8, 4) is 11.6 Å². The Morgan fingerprint density at radius 1 is 1.05 bits per heavy atom. The van der Waals surface area contributed by atoms with Crippen molar-refractivity contribution in [2.24, 2.45) is 0 Å². The molecule has 0 spiro atoms. The quantitative estimate of drug-likeness (QED) is 0.541. The van der Waals surface area contributed by atoms with E-state index in [9.17, 15) is 4.79 Å². The Morgan fingerprint density at radius 2 is 1.86 bits per heavy atom. The lowest BCUT2D eigenvalue weighted by molar-refractivity contribution is 0.0732. The number of esters is 1. The number of hydrogen-bond donors (Lipinski definition) is 0. The molecule has 22 heavy (non-hydrogen) atoms. The highest BCUT2D eigenvalue weighted by Crippen LogP contribution is 2.26. The lowest BCUT2D eigenvalue weighted by atomic mass is 10.1. The van der Waals surface area contributed by atoms with Crippen LogP contribution in [0.2, 0.25) is 0 Å². The maximum Gasteiger partial charge on any atom is 0.349 e. The molecule has 110 valence electrons. The highest BCUT2D eigenvalue weighted by molar-refractivity contribution is 5.96. The number of benzene rings is 2. The highest BCUT2D eigenvalue weighted by atomic mass is 16.5. The fraction of sp³-hybridized carbons (Fsp3) is 0.111. The van der Waals surface area contributed by atoms with Crippen LogP contribution in [0.4, 0.5) is 0 Å².